The van der Waals surface area contributed by atoms with Crippen molar-refractivity contribution in [3.63, 3.8) is 0 Å². The molecule has 0 aliphatic carbocycles. The molecule has 1 aromatic rings. The van der Waals surface area contributed by atoms with Crippen molar-refractivity contribution in [3.8, 4) is 0 Å². The summed E-state index contributed by atoms with van der Waals surface area (Å²) in [4.78, 5) is 0. The van der Waals surface area contributed by atoms with Gasteiger partial charge >= 0.3 is 168 Å². The third-order valence-electron chi connectivity index (χ3n) is 5.33. The predicted molar refractivity (Wildman–Crippen MR) is 123 cm³/mol. The molecule has 0 bridgehead atoms. The Morgan fingerprint density at radius 2 is 1.27 bits per heavy atom. The van der Waals surface area contributed by atoms with Gasteiger partial charge in [-0.2, -0.15) is 0 Å². The summed E-state index contributed by atoms with van der Waals surface area (Å²) in [6, 6.07) is 7.47. The summed E-state index contributed by atoms with van der Waals surface area (Å²) in [5, 5.41) is 0. The van der Waals surface area contributed by atoms with Gasteiger partial charge in [-0.15, -0.1) is 0 Å². The Labute approximate surface area is 167 Å². The summed E-state index contributed by atoms with van der Waals surface area (Å²) in [5.41, 5.74) is 4.05. The Balaban J connectivity index is 3.49. The summed E-state index contributed by atoms with van der Waals surface area (Å²) in [5.74, 6) is -0.113. The Bertz CT molecular complexity index is 521. The normalized spacial score (nSPS) is 13.3. The average Bonchev–Trinajstić information content (AvgIpc) is 2.60. The van der Waals surface area contributed by atoms with Crippen LogP contribution in [-0.4, -0.2) is 26.5 Å². The third kappa shape index (κ3) is 7.88. The van der Waals surface area contributed by atoms with E-state index in [1.54, 1.807) is 15.7 Å². The fourth-order valence-electron chi connectivity index (χ4n) is 3.93. The molecule has 26 heavy (non-hydrogen) atoms. The molecule has 0 aromatic heterocycles. The van der Waals surface area contributed by atoms with Crippen molar-refractivity contribution in [1.82, 2.24) is 0 Å². The minimum absolute atomic E-state index is 0.113. The number of hydrogen-bond acceptors (Lipinski definition) is 0. The van der Waals surface area contributed by atoms with Crippen molar-refractivity contribution < 1.29 is 4.39 Å². The SMILES string of the molecule is CCC[CH2][Sn]([CH2]CCC)([CH2]CCC)/[C](=C\[Si](C)(C)C)c1ccc(F)cc1. The molecule has 0 unspecified atom stereocenters. The molecule has 0 radical (unpaired) electrons. The Morgan fingerprint density at radius 3 is 1.62 bits per heavy atom. The molecular weight excluding hydrogens is 442 g/mol. The Morgan fingerprint density at radius 1 is 0.846 bits per heavy atom. The molecule has 148 valence electrons. The second-order valence-electron chi connectivity index (χ2n) is 9.02. The fraction of sp³-hybridized carbons (Fsp3) is 0.652. The van der Waals surface area contributed by atoms with Gasteiger partial charge in [0.05, 0.1) is 0 Å². The number of halogens is 1. The van der Waals surface area contributed by atoms with Gasteiger partial charge in [-0.3, -0.25) is 0 Å². The van der Waals surface area contributed by atoms with Crippen molar-refractivity contribution in [3.05, 3.63) is 41.3 Å². The van der Waals surface area contributed by atoms with Crippen LogP contribution in [0.3, 0.4) is 0 Å². The minimum atomic E-state index is -2.52. The first-order valence-electron chi connectivity index (χ1n) is 10.8. The predicted octanol–water partition coefficient (Wildman–Crippen LogP) is 8.47. The van der Waals surface area contributed by atoms with Gasteiger partial charge in [0.15, 0.2) is 0 Å². The molecule has 0 heterocycles. The first-order valence-corrected chi connectivity index (χ1v) is 21.8. The number of unbranched alkanes of at least 4 members (excludes halogenated alkanes) is 3. The molecule has 1 aromatic carbocycles. The molecule has 0 fully saturated rings. The maximum absolute atomic E-state index is 13.6. The van der Waals surface area contributed by atoms with Crippen LogP contribution in [0.1, 0.15) is 64.9 Å². The molecule has 3 heteroatoms. The van der Waals surface area contributed by atoms with E-state index in [1.807, 2.05) is 0 Å². The molecule has 0 atom stereocenters. The second kappa shape index (κ2) is 11.7. The monoisotopic (exact) mass is 484 g/mol. The van der Waals surface area contributed by atoms with Gasteiger partial charge in [-0.05, 0) is 0 Å². The molecule has 0 spiro atoms. The molecule has 0 nitrogen and oxygen atoms in total. The standard InChI is InChI=1S/C11H14FSi.3C4H9.Sn/c1-13(2,3)9-8-10-4-6-11(12)7-5-10;3*1-3-4-2;/h4-7,9H,1-3H3;3*1,3-4H2,2H3;. The summed E-state index contributed by atoms with van der Waals surface area (Å²) in [7, 11) is -1.35. The van der Waals surface area contributed by atoms with E-state index in [0.717, 1.165) is 0 Å². The van der Waals surface area contributed by atoms with Crippen molar-refractivity contribution in [2.45, 2.75) is 92.2 Å². The van der Waals surface area contributed by atoms with E-state index in [9.17, 15) is 4.39 Å². The summed E-state index contributed by atoms with van der Waals surface area (Å²) in [6.45, 7) is 14.3. The van der Waals surface area contributed by atoms with Gasteiger partial charge in [0.25, 0.3) is 0 Å². The van der Waals surface area contributed by atoms with Crippen molar-refractivity contribution in [2.75, 3.05) is 0 Å². The van der Waals surface area contributed by atoms with Gasteiger partial charge in [-0.25, -0.2) is 0 Å². The van der Waals surface area contributed by atoms with Crippen LogP contribution in [-0.2, 0) is 0 Å². The van der Waals surface area contributed by atoms with Crippen LogP contribution in [0.5, 0.6) is 0 Å². The van der Waals surface area contributed by atoms with Crippen LogP contribution in [0.4, 0.5) is 4.39 Å². The molecular formula is C23H41FSiSn. The Hall–Kier alpha value is -0.0944. The van der Waals surface area contributed by atoms with Crippen LogP contribution in [0.25, 0.3) is 3.59 Å². The van der Waals surface area contributed by atoms with E-state index in [4.69, 9.17) is 0 Å². The van der Waals surface area contributed by atoms with Crippen LogP contribution in [0.15, 0.2) is 30.0 Å². The maximum atomic E-state index is 13.6. The van der Waals surface area contributed by atoms with E-state index in [-0.39, 0.29) is 5.82 Å². The third-order valence-corrected chi connectivity index (χ3v) is 23.0. The zero-order valence-corrected chi connectivity index (χ0v) is 22.0. The van der Waals surface area contributed by atoms with E-state index in [2.05, 4.69) is 58.2 Å². The zero-order valence-electron chi connectivity index (χ0n) is 18.1. The van der Waals surface area contributed by atoms with Gasteiger partial charge in [0.1, 0.15) is 0 Å². The van der Waals surface area contributed by atoms with Gasteiger partial charge < -0.3 is 0 Å². The Kier molecular flexibility index (Phi) is 10.8. The van der Waals surface area contributed by atoms with Crippen molar-refractivity contribution in [1.29, 1.82) is 0 Å². The molecule has 0 saturated heterocycles. The molecule has 1 rings (SSSR count). The van der Waals surface area contributed by atoms with Gasteiger partial charge in [0.2, 0.25) is 0 Å². The number of rotatable bonds is 12. The first kappa shape index (κ1) is 23.9. The number of benzene rings is 1. The van der Waals surface area contributed by atoms with E-state index in [1.165, 1.54) is 57.4 Å². The molecule has 0 saturated carbocycles. The second-order valence-corrected chi connectivity index (χ2v) is 27.2. The molecule has 0 aliphatic heterocycles. The fourth-order valence-corrected chi connectivity index (χ4v) is 27.1. The van der Waals surface area contributed by atoms with Crippen molar-refractivity contribution >= 4 is 30.0 Å². The first-order chi connectivity index (χ1) is 12.3. The van der Waals surface area contributed by atoms with Crippen molar-refractivity contribution in [2.24, 2.45) is 0 Å². The van der Waals surface area contributed by atoms with Gasteiger partial charge in [-0.1, -0.05) is 0 Å². The van der Waals surface area contributed by atoms with E-state index in [0.29, 0.717) is 0 Å². The molecule has 0 N–H and O–H groups in total. The zero-order chi connectivity index (χ0) is 19.6. The number of hydrogen-bond donors (Lipinski definition) is 0. The topological polar surface area (TPSA) is 0 Å². The summed E-state index contributed by atoms with van der Waals surface area (Å²) < 4.78 is 19.7. The molecule has 0 aliphatic rings. The average molecular weight is 483 g/mol. The van der Waals surface area contributed by atoms with Gasteiger partial charge in [0, 0.05) is 0 Å². The quantitative estimate of drug-likeness (QED) is 0.262. The van der Waals surface area contributed by atoms with E-state index < -0.39 is 26.5 Å². The van der Waals surface area contributed by atoms with Crippen LogP contribution in [0, 0.1) is 5.82 Å². The van der Waals surface area contributed by atoms with Crippen LogP contribution >= 0.6 is 0 Å². The van der Waals surface area contributed by atoms with Crippen LogP contribution < -0.4 is 0 Å². The summed E-state index contributed by atoms with van der Waals surface area (Å²) in [6.07, 6.45) is 7.98. The van der Waals surface area contributed by atoms with E-state index >= 15 is 0 Å². The molecule has 0 amide bonds. The van der Waals surface area contributed by atoms with Crippen LogP contribution in [0.2, 0.25) is 33.0 Å². The summed E-state index contributed by atoms with van der Waals surface area (Å²) >= 11 is -2.52.